The van der Waals surface area contributed by atoms with Crippen molar-refractivity contribution in [3.8, 4) is 12.5 Å². The van der Waals surface area contributed by atoms with E-state index in [1.54, 1.807) is 0 Å². The van der Waals surface area contributed by atoms with Crippen molar-refractivity contribution in [2.24, 2.45) is 49.9 Å². The van der Waals surface area contributed by atoms with E-state index in [9.17, 15) is 105 Å². The first-order valence-corrected chi connectivity index (χ1v) is 30.6. The maximum atomic E-state index is 13.1. The number of nitrogens with one attached hydrogen (secondary N) is 3. The van der Waals surface area contributed by atoms with Crippen LogP contribution in [0.15, 0.2) is 49.9 Å². The first-order valence-electron chi connectivity index (χ1n) is 30.6. The van der Waals surface area contributed by atoms with E-state index in [-0.39, 0.29) is 207 Å². The highest BCUT2D eigenvalue weighted by molar-refractivity contribution is 6.11. The van der Waals surface area contributed by atoms with Crippen LogP contribution in [0.3, 0.4) is 0 Å². The number of esters is 7. The van der Waals surface area contributed by atoms with E-state index < -0.39 is 162 Å². The van der Waals surface area contributed by atoms with Crippen LogP contribution in [0.2, 0.25) is 0 Å². The zero-order valence-electron chi connectivity index (χ0n) is 56.3. The Morgan fingerprint density at radius 2 is 0.645 bits per heavy atom. The van der Waals surface area contributed by atoms with E-state index in [0.29, 0.717) is 25.7 Å². The molecule has 0 aliphatic carbocycles. The minimum Gasteiger partial charge on any atom is -0.443 e. The Balaban J connectivity index is -0.0000000994. The molecule has 686 valence electrons. The Kier molecular flexibility index (Phi) is 118. The van der Waals surface area contributed by atoms with Crippen LogP contribution < -0.4 is 16.0 Å². The Bertz CT molecular complexity index is 3530. The number of rotatable bonds is 53. The predicted octanol–water partition coefficient (Wildman–Crippen LogP) is 7.50. The second-order valence-corrected chi connectivity index (χ2v) is 19.5. The number of amides is 9. The van der Waals surface area contributed by atoms with Gasteiger partial charge in [-0.1, -0.05) is 110 Å². The van der Waals surface area contributed by atoms with Gasteiger partial charge in [-0.2, -0.15) is 60.4 Å². The Hall–Kier alpha value is -14.2. The minimum atomic E-state index is -1.27. The molecule has 1 fully saturated rings. The molecule has 5 unspecified atom stereocenters. The summed E-state index contributed by atoms with van der Waals surface area (Å²) >= 11 is 0. The van der Waals surface area contributed by atoms with Crippen molar-refractivity contribution >= 4 is 133 Å². The molecule has 0 spiro atoms. The summed E-state index contributed by atoms with van der Waals surface area (Å²) in [6, 6.07) is -8.63. The summed E-state index contributed by atoms with van der Waals surface area (Å²) in [5.74, 6) is -6.85. The lowest BCUT2D eigenvalue weighted by Crippen LogP contribution is -2.64. The van der Waals surface area contributed by atoms with Crippen LogP contribution in [0, 0.1) is 23.0 Å². The molecule has 121 heavy (non-hydrogen) atoms. The number of unbranched alkanes of at least 4 members (excludes halogenated alkanes) is 5. The zero-order valence-corrected chi connectivity index (χ0v) is 56.3. The first-order chi connectivity index (χ1) is 51.7. The van der Waals surface area contributed by atoms with Crippen LogP contribution in [0.4, 0.5) is 19.2 Å². The third-order valence-corrected chi connectivity index (χ3v) is 12.6. The molecule has 0 bridgehead atoms. The SMILES string of the molecule is C.C.C.C.C.C.C.C.C.C.C.C.C.C.N#COCOC(=O)C(CCCCN(C(=O)CCCCC(N=C=O)C(=O)OCN=C=O)C(=O)NCCCCC(N=C=O)C(=O)OCN=C=O)N=C=O.N#COCOC(=O)C(CCCCN1C(=O)N(CCCCC(N=C=O)C(=O)OCN=C=O)C1=O)N=C=O.O=C=NCC(=O)OCNC(=O)NCOC(=O)CN=C=O. The van der Waals surface area contributed by atoms with Gasteiger partial charge in [-0.25, -0.2) is 110 Å². The van der Waals surface area contributed by atoms with Crippen LogP contribution in [0.1, 0.15) is 207 Å². The summed E-state index contributed by atoms with van der Waals surface area (Å²) in [4.78, 5) is 280. The van der Waals surface area contributed by atoms with Crippen molar-refractivity contribution in [2.75, 3.05) is 86.5 Å². The Labute approximate surface area is 705 Å². The summed E-state index contributed by atoms with van der Waals surface area (Å²) in [6.45, 7) is -4.91. The molecule has 0 aromatic carbocycles. The number of urea groups is 4. The number of aliphatic imine (C=N–C) groups is 10. The van der Waals surface area contributed by atoms with Gasteiger partial charge in [0, 0.05) is 32.6 Å². The third-order valence-electron chi connectivity index (χ3n) is 12.6. The van der Waals surface area contributed by atoms with Gasteiger partial charge in [0.2, 0.25) is 80.3 Å². The smallest absolute Gasteiger partial charge is 0.336 e. The fourth-order valence-electron chi connectivity index (χ4n) is 7.74. The van der Waals surface area contributed by atoms with Crippen LogP contribution >= 0.6 is 0 Å². The van der Waals surface area contributed by atoms with E-state index in [0.717, 1.165) is 26.9 Å². The van der Waals surface area contributed by atoms with Gasteiger partial charge in [-0.05, 0) is 89.9 Å². The van der Waals surface area contributed by atoms with Crippen molar-refractivity contribution < 1.29 is 148 Å². The number of imide groups is 3. The van der Waals surface area contributed by atoms with Gasteiger partial charge in [0.05, 0.1) is 0 Å². The summed E-state index contributed by atoms with van der Waals surface area (Å²) in [7, 11) is 0. The fourth-order valence-corrected chi connectivity index (χ4v) is 7.74. The lowest BCUT2D eigenvalue weighted by atomic mass is 10.1. The Morgan fingerprint density at radius 1 is 0.355 bits per heavy atom. The number of ether oxygens (including phenoxy) is 9. The van der Waals surface area contributed by atoms with Crippen molar-refractivity contribution in [3.05, 3.63) is 0 Å². The van der Waals surface area contributed by atoms with Crippen molar-refractivity contribution in [1.82, 2.24) is 30.7 Å². The standard InChI is InChI=1S/C29H34N8O14.C20H22N6O10.C9H10N4O7.14CH4/c30-13-48-21-51-28(46)24(36-18-42)9-4-6-12-37(25(43)10-2-1-7-22(34-16-40)26(44)49-19-31-14-38)29(47)33-11-5-3-8-23(35-17-41)27(45)50-20-32-15-39;21-9-34-14-36-18(31)16(24-12-29)6-2-4-8-26-19(32)25(20(26)33)7-3-1-5-15(23-11-28)17(30)35-13-22-10-27;14-3-10-1-7(16)19-5-12-9(18)13-6-20-8(17)2-11-4-15;;;;;;;;;;;;;;/h22-24H,1-12,19-21H2,(H,33,47);15-16H,1-8,13-14H2;1-2,5-6H2,(H2,12,13,18);14*1H4. The van der Waals surface area contributed by atoms with Crippen molar-refractivity contribution in [1.29, 1.82) is 10.5 Å². The molecule has 1 aliphatic rings. The lowest BCUT2D eigenvalue weighted by Gasteiger charge is -2.39. The minimum absolute atomic E-state index is 0. The summed E-state index contributed by atoms with van der Waals surface area (Å²) in [5, 5.41) is 23.4. The van der Waals surface area contributed by atoms with Gasteiger partial charge in [-0.3, -0.25) is 9.69 Å². The molecular weight excluding hydrogens is 1610 g/mol. The van der Waals surface area contributed by atoms with Crippen molar-refractivity contribution in [2.45, 2.75) is 237 Å². The molecule has 49 nitrogen and oxygen atoms in total. The number of carbonyl (C=O) groups excluding carboxylic acids is 22. The monoisotopic (exact) mass is 1730 g/mol. The van der Waals surface area contributed by atoms with E-state index in [1.165, 1.54) is 61.2 Å². The quantitative estimate of drug-likeness (QED) is 0.0101. The van der Waals surface area contributed by atoms with E-state index in [4.69, 9.17) is 10.5 Å². The van der Waals surface area contributed by atoms with E-state index in [2.05, 4.69) is 109 Å². The largest absolute Gasteiger partial charge is 0.443 e. The average Bonchev–Trinajstić information content (AvgIpc) is 0.785. The number of isocyanates is 10. The third kappa shape index (κ3) is 72.0. The number of carbonyl (C=O) groups is 12. The normalized spacial score (nSPS) is 10.2. The lowest BCUT2D eigenvalue weighted by molar-refractivity contribution is -0.154. The van der Waals surface area contributed by atoms with Gasteiger partial charge < -0.3 is 58.6 Å². The molecule has 0 saturated carbocycles. The van der Waals surface area contributed by atoms with Gasteiger partial charge in [-0.15, -0.1) is 0 Å². The molecule has 3 N–H and O–H groups in total. The summed E-state index contributed by atoms with van der Waals surface area (Å²) in [5.41, 5.74) is 0. The average molecular weight is 1740 g/mol. The van der Waals surface area contributed by atoms with Gasteiger partial charge >= 0.3 is 65.9 Å². The maximum Gasteiger partial charge on any atom is 0.336 e. The molecule has 0 aromatic rings. The zero-order chi connectivity index (χ0) is 80.1. The molecule has 5 atom stereocenters. The van der Waals surface area contributed by atoms with Crippen LogP contribution in [0.25, 0.3) is 0 Å². The number of hydrogen-bond donors (Lipinski definition) is 3. The van der Waals surface area contributed by atoms with E-state index >= 15 is 0 Å². The second-order valence-electron chi connectivity index (χ2n) is 19.5. The van der Waals surface area contributed by atoms with Crippen molar-refractivity contribution in [3.63, 3.8) is 0 Å². The van der Waals surface area contributed by atoms with Gasteiger partial charge in [0.15, 0.2) is 63.9 Å². The predicted molar refractivity (Wildman–Crippen MR) is 429 cm³/mol. The number of nitriles is 2. The van der Waals surface area contributed by atoms with Crippen LogP contribution in [-0.2, 0) is 129 Å². The molecule has 0 aromatic heterocycles. The molecule has 49 heteroatoms. The van der Waals surface area contributed by atoms with Crippen LogP contribution in [0.5, 0.6) is 0 Å². The number of hydrogen-bond acceptors (Lipinski definition) is 43. The second kappa shape index (κ2) is 98.2. The molecule has 1 rings (SSSR count). The molecular formula is C72H122N18O31. The molecule has 1 aliphatic heterocycles. The maximum absolute atomic E-state index is 13.1. The first kappa shape index (κ1) is 145. The molecule has 1 heterocycles. The topological polar surface area (TPSA) is 676 Å². The summed E-state index contributed by atoms with van der Waals surface area (Å²) < 4.78 is 40.6. The number of nitrogens with zero attached hydrogens (tertiary/aromatic N) is 15. The highest BCUT2D eigenvalue weighted by Crippen LogP contribution is 2.20. The summed E-state index contributed by atoms with van der Waals surface area (Å²) in [6.07, 6.45) is 17.2. The Morgan fingerprint density at radius 3 is 0.942 bits per heavy atom. The molecule has 0 radical (unpaired) electrons. The van der Waals surface area contributed by atoms with Gasteiger partial charge in [0.25, 0.3) is 12.5 Å². The van der Waals surface area contributed by atoms with Gasteiger partial charge in [0.1, 0.15) is 13.1 Å². The highest BCUT2D eigenvalue weighted by Gasteiger charge is 2.42. The molecule has 1 saturated heterocycles. The van der Waals surface area contributed by atoms with Crippen LogP contribution in [-0.4, -0.2) is 264 Å². The molecule has 9 amide bonds. The van der Waals surface area contributed by atoms with E-state index in [1.807, 2.05) is 0 Å². The highest BCUT2D eigenvalue weighted by atomic mass is 16.7. The fraction of sp³-hybridized carbons (Fsp3) is 0.667.